The van der Waals surface area contributed by atoms with Crippen LogP contribution in [0.2, 0.25) is 0 Å². The van der Waals surface area contributed by atoms with Gasteiger partial charge in [-0.3, -0.25) is 10.1 Å². The summed E-state index contributed by atoms with van der Waals surface area (Å²) in [4.78, 5) is 14.3. The number of rotatable bonds is 5. The minimum Gasteiger partial charge on any atom is -0.370 e. The van der Waals surface area contributed by atoms with Gasteiger partial charge in [-0.25, -0.2) is 4.98 Å². The highest BCUT2D eigenvalue weighted by Gasteiger charge is 2.27. The van der Waals surface area contributed by atoms with Crippen molar-refractivity contribution in [1.29, 1.82) is 0 Å². The van der Waals surface area contributed by atoms with Gasteiger partial charge in [0.2, 0.25) is 0 Å². The van der Waals surface area contributed by atoms with E-state index in [4.69, 9.17) is 0 Å². The molecule has 0 bridgehead atoms. The predicted octanol–water partition coefficient (Wildman–Crippen LogP) is 2.76. The lowest BCUT2D eigenvalue weighted by atomic mass is 10.1. The minimum atomic E-state index is -0.420. The Balaban J connectivity index is 1.98. The van der Waals surface area contributed by atoms with Gasteiger partial charge in [0.25, 0.3) is 5.69 Å². The molecule has 1 aliphatic carbocycles. The van der Waals surface area contributed by atoms with E-state index in [1.165, 1.54) is 19.0 Å². The monoisotopic (exact) mass is 235 g/mol. The second-order valence-electron chi connectivity index (χ2n) is 4.81. The number of nitrogens with zero attached hydrogens (tertiary/aromatic N) is 2. The molecule has 1 heterocycles. The summed E-state index contributed by atoms with van der Waals surface area (Å²) in [6.45, 7) is 4.95. The number of nitrogens with one attached hydrogen (secondary N) is 1. The highest BCUT2D eigenvalue weighted by atomic mass is 16.6. The Morgan fingerprint density at radius 2 is 2.35 bits per heavy atom. The van der Waals surface area contributed by atoms with Gasteiger partial charge in [0.1, 0.15) is 12.0 Å². The minimum absolute atomic E-state index is 0.0447. The third-order valence-electron chi connectivity index (χ3n) is 3.29. The van der Waals surface area contributed by atoms with E-state index in [0.29, 0.717) is 5.92 Å². The molecule has 0 aliphatic heterocycles. The van der Waals surface area contributed by atoms with Crippen LogP contribution in [0.25, 0.3) is 0 Å². The summed E-state index contributed by atoms with van der Waals surface area (Å²) < 4.78 is 0. The number of hydrogen-bond acceptors (Lipinski definition) is 4. The summed E-state index contributed by atoms with van der Waals surface area (Å²) >= 11 is 0. The lowest BCUT2D eigenvalue weighted by Crippen LogP contribution is -2.14. The van der Waals surface area contributed by atoms with E-state index in [2.05, 4.69) is 17.2 Å². The van der Waals surface area contributed by atoms with Crippen LogP contribution in [0.3, 0.4) is 0 Å². The van der Waals surface area contributed by atoms with Crippen molar-refractivity contribution >= 4 is 11.5 Å². The first-order chi connectivity index (χ1) is 8.08. The van der Waals surface area contributed by atoms with Gasteiger partial charge in [0.15, 0.2) is 0 Å². The molecular formula is C12H17N3O2. The van der Waals surface area contributed by atoms with Gasteiger partial charge >= 0.3 is 0 Å². The topological polar surface area (TPSA) is 68.1 Å². The largest absolute Gasteiger partial charge is 0.370 e. The highest BCUT2D eigenvalue weighted by Crippen LogP contribution is 2.36. The van der Waals surface area contributed by atoms with Crippen molar-refractivity contribution in [3.63, 3.8) is 0 Å². The van der Waals surface area contributed by atoms with Crippen LogP contribution in [0, 0.1) is 28.9 Å². The molecule has 0 spiro atoms. The van der Waals surface area contributed by atoms with Crippen LogP contribution in [0.1, 0.15) is 25.3 Å². The van der Waals surface area contributed by atoms with Gasteiger partial charge in [-0.2, -0.15) is 0 Å². The molecule has 1 N–H and O–H groups in total. The van der Waals surface area contributed by atoms with Crippen LogP contribution in [-0.4, -0.2) is 16.5 Å². The Labute approximate surface area is 100 Å². The molecule has 1 saturated carbocycles. The van der Waals surface area contributed by atoms with E-state index in [0.717, 1.165) is 23.8 Å². The maximum absolute atomic E-state index is 10.6. The zero-order valence-electron chi connectivity index (χ0n) is 10.1. The number of aryl methyl sites for hydroxylation is 1. The zero-order valence-corrected chi connectivity index (χ0v) is 10.1. The summed E-state index contributed by atoms with van der Waals surface area (Å²) in [6, 6.07) is 1.55. The summed E-state index contributed by atoms with van der Waals surface area (Å²) in [5.74, 6) is 2.25. The second-order valence-corrected chi connectivity index (χ2v) is 4.81. The van der Waals surface area contributed by atoms with Crippen LogP contribution in [-0.2, 0) is 0 Å². The van der Waals surface area contributed by atoms with E-state index < -0.39 is 4.92 Å². The Morgan fingerprint density at radius 3 is 2.88 bits per heavy atom. The molecule has 5 nitrogen and oxygen atoms in total. The molecule has 0 amide bonds. The normalized spacial score (nSPS) is 16.6. The predicted molar refractivity (Wildman–Crippen MR) is 66.0 cm³/mol. The number of aromatic nitrogens is 1. The quantitative estimate of drug-likeness (QED) is 0.629. The summed E-state index contributed by atoms with van der Waals surface area (Å²) in [5.41, 5.74) is 0.866. The van der Waals surface area contributed by atoms with Gasteiger partial charge < -0.3 is 5.32 Å². The lowest BCUT2D eigenvalue weighted by Gasteiger charge is -2.13. The molecule has 92 valence electrons. The lowest BCUT2D eigenvalue weighted by molar-refractivity contribution is -0.385. The maximum atomic E-state index is 10.6. The highest BCUT2D eigenvalue weighted by molar-refractivity contribution is 5.48. The summed E-state index contributed by atoms with van der Waals surface area (Å²) in [5, 5.41) is 13.8. The average molecular weight is 235 g/mol. The van der Waals surface area contributed by atoms with E-state index in [-0.39, 0.29) is 5.69 Å². The number of hydrogen-bond donors (Lipinski definition) is 1. The van der Waals surface area contributed by atoms with Crippen LogP contribution >= 0.6 is 0 Å². The van der Waals surface area contributed by atoms with Crippen LogP contribution in [0.4, 0.5) is 11.5 Å². The molecule has 17 heavy (non-hydrogen) atoms. The fraction of sp³-hybridized carbons (Fsp3) is 0.583. The second kappa shape index (κ2) is 4.69. The molecule has 1 unspecified atom stereocenters. The van der Waals surface area contributed by atoms with E-state index >= 15 is 0 Å². The van der Waals surface area contributed by atoms with Crippen molar-refractivity contribution in [2.24, 2.45) is 11.8 Å². The number of pyridine rings is 1. The van der Waals surface area contributed by atoms with Gasteiger partial charge in [0.05, 0.1) is 4.92 Å². The SMILES string of the molecule is Cc1cc([N+](=O)[O-])cnc1NCC(C)C1CC1. The summed E-state index contributed by atoms with van der Waals surface area (Å²) in [7, 11) is 0. The van der Waals surface area contributed by atoms with Crippen LogP contribution < -0.4 is 5.32 Å². The Kier molecular flexibility index (Phi) is 3.26. The molecule has 1 fully saturated rings. The van der Waals surface area contributed by atoms with E-state index in [9.17, 15) is 10.1 Å². The Morgan fingerprint density at radius 1 is 1.65 bits per heavy atom. The molecule has 1 aliphatic rings. The first-order valence-electron chi connectivity index (χ1n) is 5.93. The first kappa shape index (κ1) is 11.8. The van der Waals surface area contributed by atoms with Crippen molar-refractivity contribution in [2.45, 2.75) is 26.7 Å². The average Bonchev–Trinajstić information content (AvgIpc) is 3.10. The van der Waals surface area contributed by atoms with Gasteiger partial charge in [-0.1, -0.05) is 6.92 Å². The van der Waals surface area contributed by atoms with Crippen molar-refractivity contribution < 1.29 is 4.92 Å². The molecule has 1 aromatic heterocycles. The molecule has 1 atom stereocenters. The molecule has 5 heteroatoms. The first-order valence-corrected chi connectivity index (χ1v) is 5.93. The fourth-order valence-electron chi connectivity index (χ4n) is 1.93. The van der Waals surface area contributed by atoms with E-state index in [1.807, 2.05) is 6.92 Å². The maximum Gasteiger partial charge on any atom is 0.287 e. The third kappa shape index (κ3) is 2.93. The van der Waals surface area contributed by atoms with Crippen LogP contribution in [0.15, 0.2) is 12.3 Å². The van der Waals surface area contributed by atoms with Crippen molar-refractivity contribution in [1.82, 2.24) is 4.98 Å². The smallest absolute Gasteiger partial charge is 0.287 e. The van der Waals surface area contributed by atoms with Gasteiger partial charge in [0, 0.05) is 12.6 Å². The standard InChI is InChI=1S/C12H17N3O2/c1-8-5-11(15(16)17)7-14-12(8)13-6-9(2)10-3-4-10/h5,7,9-10H,3-4,6H2,1-2H3,(H,13,14). The van der Waals surface area contributed by atoms with Crippen molar-refractivity contribution in [3.05, 3.63) is 27.9 Å². The van der Waals surface area contributed by atoms with Gasteiger partial charge in [-0.05, 0) is 37.2 Å². The Bertz CT molecular complexity index is 430. The molecule has 2 rings (SSSR count). The number of nitro groups is 1. The molecule has 0 saturated heterocycles. The fourth-order valence-corrected chi connectivity index (χ4v) is 1.93. The Hall–Kier alpha value is -1.65. The van der Waals surface area contributed by atoms with Gasteiger partial charge in [-0.15, -0.1) is 0 Å². The summed E-state index contributed by atoms with van der Waals surface area (Å²) in [6.07, 6.45) is 3.96. The molecule has 1 aromatic rings. The number of anilines is 1. The molecule has 0 aromatic carbocycles. The zero-order chi connectivity index (χ0) is 12.4. The molecular weight excluding hydrogens is 218 g/mol. The third-order valence-corrected chi connectivity index (χ3v) is 3.29. The van der Waals surface area contributed by atoms with Crippen molar-refractivity contribution in [2.75, 3.05) is 11.9 Å². The molecule has 0 radical (unpaired) electrons. The van der Waals surface area contributed by atoms with Crippen LogP contribution in [0.5, 0.6) is 0 Å². The van der Waals surface area contributed by atoms with E-state index in [1.54, 1.807) is 6.07 Å². The van der Waals surface area contributed by atoms with Crippen molar-refractivity contribution in [3.8, 4) is 0 Å².